The predicted molar refractivity (Wildman–Crippen MR) is 245 cm³/mol. The third kappa shape index (κ3) is 5.13. The molecule has 4 fully saturated rings. The van der Waals surface area contributed by atoms with Gasteiger partial charge < -0.3 is 0 Å². The highest BCUT2D eigenvalue weighted by molar-refractivity contribution is 6.12. The summed E-state index contributed by atoms with van der Waals surface area (Å²) in [6.07, 6.45) is 8.61. The zero-order valence-electron chi connectivity index (χ0n) is 33.0. The molecule has 0 saturated heterocycles. The van der Waals surface area contributed by atoms with Gasteiger partial charge in [0.1, 0.15) is 0 Å². The van der Waals surface area contributed by atoms with Crippen LogP contribution >= 0.6 is 0 Å². The van der Waals surface area contributed by atoms with Crippen molar-refractivity contribution in [2.45, 2.75) is 43.9 Å². The van der Waals surface area contributed by atoms with Crippen LogP contribution in [0.15, 0.2) is 170 Å². The zero-order chi connectivity index (χ0) is 38.7. The Balaban J connectivity index is 0.973. The molecule has 3 nitrogen and oxygen atoms in total. The second kappa shape index (κ2) is 12.7. The third-order valence-electron chi connectivity index (χ3n) is 14.6. The van der Waals surface area contributed by atoms with E-state index in [1.807, 2.05) is 0 Å². The maximum atomic E-state index is 5.51. The first kappa shape index (κ1) is 33.4. The first-order valence-corrected chi connectivity index (χ1v) is 21.6. The summed E-state index contributed by atoms with van der Waals surface area (Å²) in [4.78, 5) is 10.9. The minimum absolute atomic E-state index is 0.399. The maximum Gasteiger partial charge on any atom is 0.235 e. The van der Waals surface area contributed by atoms with E-state index in [2.05, 4.69) is 174 Å². The Morgan fingerprint density at radius 2 is 1.02 bits per heavy atom. The van der Waals surface area contributed by atoms with Crippen molar-refractivity contribution in [3.05, 3.63) is 175 Å². The number of aromatic nitrogens is 3. The Morgan fingerprint density at radius 1 is 0.441 bits per heavy atom. The third-order valence-corrected chi connectivity index (χ3v) is 14.6. The SMILES string of the molecule is c1cc(-c2nc(-n3c4ccccc4c4ccccc43)nc3c2ccc2ccccc23)cc(-c2cccc3cccc(-c4ccc(C56CC7CC(CC(C7)C5)C6)cc4)c23)c1. The molecule has 4 aliphatic carbocycles. The number of hydrogen-bond acceptors (Lipinski definition) is 2. The average molecular weight is 758 g/mol. The van der Waals surface area contributed by atoms with Gasteiger partial charge in [0.25, 0.3) is 0 Å². The van der Waals surface area contributed by atoms with Gasteiger partial charge in [0.15, 0.2) is 0 Å². The largest absolute Gasteiger partial charge is 0.278 e. The fraction of sp³-hybridized carbons (Fsp3) is 0.179. The molecule has 282 valence electrons. The van der Waals surface area contributed by atoms with Crippen LogP contribution in [-0.4, -0.2) is 14.5 Å². The van der Waals surface area contributed by atoms with Crippen LogP contribution in [0.4, 0.5) is 0 Å². The van der Waals surface area contributed by atoms with Crippen LogP contribution in [0.1, 0.15) is 44.1 Å². The lowest BCUT2D eigenvalue weighted by Crippen LogP contribution is -2.48. The molecule has 2 heterocycles. The van der Waals surface area contributed by atoms with E-state index < -0.39 is 0 Å². The maximum absolute atomic E-state index is 5.51. The average Bonchev–Trinajstić information content (AvgIpc) is 3.62. The Bertz CT molecular complexity index is 3220. The Hall–Kier alpha value is -6.58. The highest BCUT2D eigenvalue weighted by Gasteiger charge is 2.51. The number of fused-ring (bicyclic) bond motifs is 7. The molecule has 0 unspecified atom stereocenters. The molecule has 2 aromatic heterocycles. The topological polar surface area (TPSA) is 30.7 Å². The Labute approximate surface area is 344 Å². The minimum Gasteiger partial charge on any atom is -0.278 e. The fourth-order valence-electron chi connectivity index (χ4n) is 12.4. The van der Waals surface area contributed by atoms with Crippen LogP contribution in [0.25, 0.3) is 93.7 Å². The molecule has 8 aromatic carbocycles. The highest BCUT2D eigenvalue weighted by atomic mass is 15.2. The summed E-state index contributed by atoms with van der Waals surface area (Å²) in [7, 11) is 0. The summed E-state index contributed by atoms with van der Waals surface area (Å²) >= 11 is 0. The van der Waals surface area contributed by atoms with E-state index in [4.69, 9.17) is 9.97 Å². The van der Waals surface area contributed by atoms with Gasteiger partial charge in [-0.15, -0.1) is 0 Å². The second-order valence-corrected chi connectivity index (χ2v) is 18.0. The molecular formula is C56H43N3. The zero-order valence-corrected chi connectivity index (χ0v) is 33.0. The van der Waals surface area contributed by atoms with Gasteiger partial charge in [0.05, 0.1) is 22.2 Å². The molecule has 0 amide bonds. The van der Waals surface area contributed by atoms with Gasteiger partial charge in [-0.05, 0) is 130 Å². The van der Waals surface area contributed by atoms with Crippen molar-refractivity contribution in [2.24, 2.45) is 17.8 Å². The minimum atomic E-state index is 0.399. The molecule has 10 aromatic rings. The van der Waals surface area contributed by atoms with Gasteiger partial charge in [-0.25, -0.2) is 9.97 Å². The van der Waals surface area contributed by atoms with E-state index >= 15 is 0 Å². The molecule has 4 bridgehead atoms. The quantitative estimate of drug-likeness (QED) is 0.164. The molecule has 0 radical (unpaired) electrons. The van der Waals surface area contributed by atoms with Crippen molar-refractivity contribution in [1.82, 2.24) is 14.5 Å². The van der Waals surface area contributed by atoms with Crippen molar-refractivity contribution in [1.29, 1.82) is 0 Å². The molecule has 14 rings (SSSR count). The fourth-order valence-corrected chi connectivity index (χ4v) is 12.4. The monoisotopic (exact) mass is 757 g/mol. The number of rotatable bonds is 5. The van der Waals surface area contributed by atoms with Crippen LogP contribution in [0, 0.1) is 17.8 Å². The van der Waals surface area contributed by atoms with E-state index in [1.165, 1.54) is 87.7 Å². The van der Waals surface area contributed by atoms with Crippen LogP contribution in [0.5, 0.6) is 0 Å². The molecule has 4 aliphatic rings. The second-order valence-electron chi connectivity index (χ2n) is 18.0. The van der Waals surface area contributed by atoms with Crippen molar-refractivity contribution >= 4 is 54.3 Å². The summed E-state index contributed by atoms with van der Waals surface area (Å²) in [5.74, 6) is 3.50. The van der Waals surface area contributed by atoms with Crippen LogP contribution in [0.3, 0.4) is 0 Å². The van der Waals surface area contributed by atoms with E-state index in [-0.39, 0.29) is 0 Å². The van der Waals surface area contributed by atoms with Crippen molar-refractivity contribution in [3.8, 4) is 39.5 Å². The van der Waals surface area contributed by atoms with E-state index in [0.717, 1.165) is 56.3 Å². The van der Waals surface area contributed by atoms with Gasteiger partial charge in [-0.2, -0.15) is 0 Å². The lowest BCUT2D eigenvalue weighted by molar-refractivity contribution is -0.00518. The molecule has 0 aliphatic heterocycles. The first-order valence-electron chi connectivity index (χ1n) is 21.6. The van der Waals surface area contributed by atoms with Crippen LogP contribution in [0.2, 0.25) is 0 Å². The van der Waals surface area contributed by atoms with Gasteiger partial charge in [0, 0.05) is 27.1 Å². The summed E-state index contributed by atoms with van der Waals surface area (Å²) in [6, 6.07) is 62.6. The lowest BCUT2D eigenvalue weighted by Gasteiger charge is -2.57. The predicted octanol–water partition coefficient (Wildman–Crippen LogP) is 14.5. The van der Waals surface area contributed by atoms with Gasteiger partial charge in [0.2, 0.25) is 5.95 Å². The number of hydrogen-bond donors (Lipinski definition) is 0. The molecular weight excluding hydrogens is 715 g/mol. The molecule has 59 heavy (non-hydrogen) atoms. The molecule has 3 heteroatoms. The number of benzene rings is 8. The van der Waals surface area contributed by atoms with Crippen molar-refractivity contribution < 1.29 is 0 Å². The summed E-state index contributed by atoms with van der Waals surface area (Å²) in [5.41, 5.74) is 12.1. The number of para-hydroxylation sites is 2. The number of nitrogens with zero attached hydrogens (tertiary/aromatic N) is 3. The van der Waals surface area contributed by atoms with E-state index in [0.29, 0.717) is 11.4 Å². The Morgan fingerprint density at radius 3 is 1.71 bits per heavy atom. The van der Waals surface area contributed by atoms with E-state index in [9.17, 15) is 0 Å². The standard InChI is InChI=1S/C56H43N3/c1-2-15-46-38(10-1)24-27-49-53(57-55(58-54(46)49)59-50-20-5-3-16-47(50)48-17-4-6-21-51(48)59)42-14-7-13-41(31-42)45-19-9-12-40-11-8-18-44(52(40)45)39-22-25-43(26-23-39)56-32-35-28-36(33-56)30-37(29-35)34-56/h1-27,31,35-37H,28-30,32-34H2. The van der Waals surface area contributed by atoms with Crippen molar-refractivity contribution in [3.63, 3.8) is 0 Å². The van der Waals surface area contributed by atoms with Gasteiger partial charge in [-0.3, -0.25) is 4.57 Å². The lowest BCUT2D eigenvalue weighted by atomic mass is 9.48. The van der Waals surface area contributed by atoms with Gasteiger partial charge >= 0.3 is 0 Å². The van der Waals surface area contributed by atoms with E-state index in [1.54, 1.807) is 5.56 Å². The van der Waals surface area contributed by atoms with Crippen LogP contribution in [-0.2, 0) is 5.41 Å². The Kier molecular flexibility index (Phi) is 7.19. The normalized spacial score (nSPS) is 21.1. The highest BCUT2D eigenvalue weighted by Crippen LogP contribution is 2.61. The molecule has 0 spiro atoms. The molecule has 0 atom stereocenters. The summed E-state index contributed by atoms with van der Waals surface area (Å²) < 4.78 is 2.24. The smallest absolute Gasteiger partial charge is 0.235 e. The first-order chi connectivity index (χ1) is 29.2. The summed E-state index contributed by atoms with van der Waals surface area (Å²) in [6.45, 7) is 0. The van der Waals surface area contributed by atoms with Crippen molar-refractivity contribution in [2.75, 3.05) is 0 Å². The van der Waals surface area contributed by atoms with Gasteiger partial charge in [-0.1, -0.05) is 146 Å². The molecule has 4 saturated carbocycles. The summed E-state index contributed by atoms with van der Waals surface area (Å²) in [5, 5.41) is 8.27. The van der Waals surface area contributed by atoms with Crippen LogP contribution < -0.4 is 0 Å². The molecule has 0 N–H and O–H groups in total.